The van der Waals surface area contributed by atoms with Gasteiger partial charge in [0, 0.05) is 24.7 Å². The highest BCUT2D eigenvalue weighted by Crippen LogP contribution is 2.34. The van der Waals surface area contributed by atoms with Crippen molar-refractivity contribution in [2.24, 2.45) is 0 Å². The van der Waals surface area contributed by atoms with Gasteiger partial charge < -0.3 is 4.90 Å². The summed E-state index contributed by atoms with van der Waals surface area (Å²) in [6.07, 6.45) is 4.67. The van der Waals surface area contributed by atoms with Gasteiger partial charge in [0.05, 0.1) is 15.9 Å². The number of hydrogen-bond acceptors (Lipinski definition) is 5. The van der Waals surface area contributed by atoms with Gasteiger partial charge in [0.15, 0.2) is 0 Å². The van der Waals surface area contributed by atoms with Crippen LogP contribution in [0.2, 0.25) is 0 Å². The summed E-state index contributed by atoms with van der Waals surface area (Å²) in [6, 6.07) is 11.2. The van der Waals surface area contributed by atoms with Crippen LogP contribution in [0.4, 0.5) is 5.82 Å². The lowest BCUT2D eigenvalue weighted by Gasteiger charge is -2.31. The molecule has 0 fully saturated rings. The molecular weight excluding hydrogens is 352 g/mol. The lowest BCUT2D eigenvalue weighted by molar-refractivity contribution is 0.722. The van der Waals surface area contributed by atoms with Crippen LogP contribution in [-0.2, 0) is 13.0 Å². The minimum Gasteiger partial charge on any atom is -0.351 e. The molecule has 0 radical (unpaired) electrons. The zero-order valence-electron chi connectivity index (χ0n) is 15.4. The fourth-order valence-corrected chi connectivity index (χ4v) is 4.56. The number of nitrogens with zero attached hydrogens (tertiary/aromatic N) is 4. The summed E-state index contributed by atoms with van der Waals surface area (Å²) in [5, 5.41) is 1.12. The standard InChI is InChI=1S/C22H20N4S/c1-14-3-4-16-5-6-26(11-18(16)7-14)22-19-9-17(20-10-23-13-27-20)8-15(2)21(19)24-12-25-22/h3-4,7-10,12-13H,5-6,11H2,1-2H3. The van der Waals surface area contributed by atoms with Crippen molar-refractivity contribution in [3.8, 4) is 10.4 Å². The number of anilines is 1. The van der Waals surface area contributed by atoms with E-state index >= 15 is 0 Å². The van der Waals surface area contributed by atoms with Crippen LogP contribution in [0.15, 0.2) is 48.4 Å². The Morgan fingerprint density at radius 3 is 2.81 bits per heavy atom. The van der Waals surface area contributed by atoms with Crippen LogP contribution in [0.3, 0.4) is 0 Å². The number of benzene rings is 2. The number of fused-ring (bicyclic) bond motifs is 2. The summed E-state index contributed by atoms with van der Waals surface area (Å²) in [4.78, 5) is 17.1. The first-order valence-corrected chi connectivity index (χ1v) is 10.0. The second kappa shape index (κ2) is 6.43. The van der Waals surface area contributed by atoms with E-state index in [0.717, 1.165) is 36.2 Å². The largest absolute Gasteiger partial charge is 0.351 e. The van der Waals surface area contributed by atoms with Gasteiger partial charge in [0.25, 0.3) is 0 Å². The third-order valence-corrected chi connectivity index (χ3v) is 6.12. The number of thiazole rings is 1. The van der Waals surface area contributed by atoms with Crippen molar-refractivity contribution >= 4 is 28.1 Å². The zero-order chi connectivity index (χ0) is 18.4. The first-order chi connectivity index (χ1) is 13.2. The molecule has 1 aliphatic rings. The molecule has 0 aliphatic carbocycles. The van der Waals surface area contributed by atoms with Gasteiger partial charge in [-0.15, -0.1) is 11.3 Å². The van der Waals surface area contributed by atoms with Gasteiger partial charge in [-0.2, -0.15) is 0 Å². The Kier molecular flexibility index (Phi) is 3.90. The van der Waals surface area contributed by atoms with Crippen molar-refractivity contribution in [2.75, 3.05) is 11.4 Å². The predicted molar refractivity (Wildman–Crippen MR) is 111 cm³/mol. The molecule has 0 amide bonds. The number of aryl methyl sites for hydroxylation is 2. The molecule has 2 aromatic heterocycles. The van der Waals surface area contributed by atoms with Gasteiger partial charge in [-0.05, 0) is 54.7 Å². The highest BCUT2D eigenvalue weighted by atomic mass is 32.1. The summed E-state index contributed by atoms with van der Waals surface area (Å²) < 4.78 is 0. The summed E-state index contributed by atoms with van der Waals surface area (Å²) in [7, 11) is 0. The Hall–Kier alpha value is -2.79. The van der Waals surface area contributed by atoms with Crippen molar-refractivity contribution in [3.05, 3.63) is 70.6 Å². The van der Waals surface area contributed by atoms with E-state index in [4.69, 9.17) is 4.98 Å². The van der Waals surface area contributed by atoms with Gasteiger partial charge in [0.1, 0.15) is 12.1 Å². The fraction of sp³-hybridized carbons (Fsp3) is 0.227. The summed E-state index contributed by atoms with van der Waals surface area (Å²) in [5.41, 5.74) is 9.44. The average molecular weight is 372 g/mol. The van der Waals surface area contributed by atoms with E-state index in [1.54, 1.807) is 17.7 Å². The molecule has 27 heavy (non-hydrogen) atoms. The molecule has 5 heteroatoms. The number of aromatic nitrogens is 3. The van der Waals surface area contributed by atoms with Crippen molar-refractivity contribution in [1.29, 1.82) is 0 Å². The van der Waals surface area contributed by atoms with E-state index < -0.39 is 0 Å². The van der Waals surface area contributed by atoms with E-state index in [-0.39, 0.29) is 0 Å². The normalized spacial score (nSPS) is 13.8. The molecule has 1 aliphatic heterocycles. The first-order valence-electron chi connectivity index (χ1n) is 9.16. The molecule has 0 bridgehead atoms. The van der Waals surface area contributed by atoms with E-state index in [2.05, 4.69) is 59.0 Å². The molecule has 4 aromatic rings. The second-order valence-corrected chi connectivity index (χ2v) is 8.08. The van der Waals surface area contributed by atoms with E-state index in [1.807, 2.05) is 11.7 Å². The summed E-state index contributed by atoms with van der Waals surface area (Å²) in [6.45, 7) is 6.15. The van der Waals surface area contributed by atoms with Gasteiger partial charge in [-0.3, -0.25) is 4.98 Å². The van der Waals surface area contributed by atoms with Crippen LogP contribution in [0.5, 0.6) is 0 Å². The molecule has 134 valence electrons. The quantitative estimate of drug-likeness (QED) is 0.500. The van der Waals surface area contributed by atoms with Crippen LogP contribution >= 0.6 is 11.3 Å². The van der Waals surface area contributed by atoms with Crippen LogP contribution in [-0.4, -0.2) is 21.5 Å². The van der Waals surface area contributed by atoms with Crippen molar-refractivity contribution < 1.29 is 0 Å². The Morgan fingerprint density at radius 1 is 1.04 bits per heavy atom. The molecule has 0 N–H and O–H groups in total. The maximum absolute atomic E-state index is 4.69. The Bertz CT molecular complexity index is 1130. The maximum atomic E-state index is 4.69. The van der Waals surface area contributed by atoms with Crippen LogP contribution in [0.1, 0.15) is 22.3 Å². The Morgan fingerprint density at radius 2 is 1.96 bits per heavy atom. The molecule has 2 aromatic carbocycles. The lowest BCUT2D eigenvalue weighted by atomic mass is 9.97. The molecule has 5 rings (SSSR count). The van der Waals surface area contributed by atoms with E-state index in [9.17, 15) is 0 Å². The topological polar surface area (TPSA) is 41.9 Å². The third kappa shape index (κ3) is 2.88. The minimum atomic E-state index is 0.896. The smallest absolute Gasteiger partial charge is 0.140 e. The summed E-state index contributed by atoms with van der Waals surface area (Å²) >= 11 is 1.66. The van der Waals surface area contributed by atoms with Gasteiger partial charge >= 0.3 is 0 Å². The molecule has 4 nitrogen and oxygen atoms in total. The van der Waals surface area contributed by atoms with Gasteiger partial charge in [-0.25, -0.2) is 9.97 Å². The van der Waals surface area contributed by atoms with Crippen LogP contribution < -0.4 is 4.90 Å². The Labute approximate surface area is 162 Å². The number of rotatable bonds is 2. The summed E-state index contributed by atoms with van der Waals surface area (Å²) in [5.74, 6) is 1.03. The van der Waals surface area contributed by atoms with Gasteiger partial charge in [0.2, 0.25) is 0 Å². The lowest BCUT2D eigenvalue weighted by Crippen LogP contribution is -2.31. The Balaban J connectivity index is 1.63. The molecule has 3 heterocycles. The average Bonchev–Trinajstić information content (AvgIpc) is 3.22. The van der Waals surface area contributed by atoms with Crippen molar-refractivity contribution in [1.82, 2.24) is 15.0 Å². The van der Waals surface area contributed by atoms with Crippen LogP contribution in [0, 0.1) is 13.8 Å². The predicted octanol–water partition coefficient (Wildman–Crippen LogP) is 4.93. The minimum absolute atomic E-state index is 0.896. The van der Waals surface area contributed by atoms with Gasteiger partial charge in [-0.1, -0.05) is 23.8 Å². The highest BCUT2D eigenvalue weighted by molar-refractivity contribution is 7.13. The molecule has 0 saturated heterocycles. The van der Waals surface area contributed by atoms with E-state index in [1.165, 1.54) is 32.7 Å². The molecule has 0 unspecified atom stereocenters. The SMILES string of the molecule is Cc1ccc2c(c1)CN(c1ncnc3c(C)cc(-c4cncs4)cc13)CC2. The van der Waals surface area contributed by atoms with Crippen molar-refractivity contribution in [2.45, 2.75) is 26.8 Å². The maximum Gasteiger partial charge on any atom is 0.140 e. The second-order valence-electron chi connectivity index (χ2n) is 7.20. The van der Waals surface area contributed by atoms with E-state index in [0.29, 0.717) is 0 Å². The molecule has 0 atom stereocenters. The first kappa shape index (κ1) is 16.4. The fourth-order valence-electron chi connectivity index (χ4n) is 3.95. The zero-order valence-corrected chi connectivity index (χ0v) is 16.3. The van der Waals surface area contributed by atoms with Crippen molar-refractivity contribution in [3.63, 3.8) is 0 Å². The molecule has 0 spiro atoms. The number of hydrogen-bond donors (Lipinski definition) is 0. The third-order valence-electron chi connectivity index (χ3n) is 5.30. The highest BCUT2D eigenvalue weighted by Gasteiger charge is 2.20. The van der Waals surface area contributed by atoms with Crippen LogP contribution in [0.25, 0.3) is 21.3 Å². The molecule has 0 saturated carbocycles. The monoisotopic (exact) mass is 372 g/mol. The molecular formula is C22H20N4S.